The second kappa shape index (κ2) is 8.98. The average molecular weight is 429 g/mol. The molecular weight excluding hydrogens is 406 g/mol. The number of hydrogen-bond acceptors (Lipinski definition) is 4. The summed E-state index contributed by atoms with van der Waals surface area (Å²) in [5.41, 5.74) is 3.16. The van der Waals surface area contributed by atoms with Gasteiger partial charge >= 0.3 is 5.97 Å². The molecule has 1 amide bonds. The van der Waals surface area contributed by atoms with Gasteiger partial charge in [-0.25, -0.2) is 4.79 Å². The lowest BCUT2D eigenvalue weighted by molar-refractivity contribution is -0.129. The number of hydrogen-bond donors (Lipinski definition) is 2. The Labute approximate surface area is 186 Å². The van der Waals surface area contributed by atoms with Crippen LogP contribution in [0.5, 0.6) is 5.75 Å². The summed E-state index contributed by atoms with van der Waals surface area (Å²) in [5, 5.41) is 20.1. The number of carbonyl (C=O) groups excluding carboxylic acids is 1. The number of nitrogens with zero attached hydrogens (tertiary/aromatic N) is 1. The highest BCUT2D eigenvalue weighted by Gasteiger charge is 2.40. The van der Waals surface area contributed by atoms with E-state index in [-0.39, 0.29) is 11.3 Å². The lowest BCUT2D eigenvalue weighted by Gasteiger charge is -2.27. The molecule has 1 unspecified atom stereocenters. The van der Waals surface area contributed by atoms with Gasteiger partial charge in [-0.05, 0) is 47.4 Å². The van der Waals surface area contributed by atoms with Crippen LogP contribution in [0.4, 0.5) is 0 Å². The van der Waals surface area contributed by atoms with Crippen molar-refractivity contribution in [1.82, 2.24) is 4.90 Å². The van der Waals surface area contributed by atoms with Gasteiger partial charge in [-0.2, -0.15) is 0 Å². The van der Waals surface area contributed by atoms with E-state index in [4.69, 9.17) is 4.74 Å². The number of aliphatic hydroxyl groups excluding tert-OH is 1. The highest BCUT2D eigenvalue weighted by atomic mass is 16.5. The average Bonchev–Trinajstić information content (AvgIpc) is 3.08. The van der Waals surface area contributed by atoms with Crippen LogP contribution in [0, 0.1) is 0 Å². The second-order valence-electron chi connectivity index (χ2n) is 7.55. The Morgan fingerprint density at radius 2 is 1.62 bits per heavy atom. The molecule has 0 saturated carbocycles. The largest absolute Gasteiger partial charge is 0.503 e. The molecule has 2 N–H and O–H groups in total. The van der Waals surface area contributed by atoms with Gasteiger partial charge in [-0.3, -0.25) is 4.79 Å². The van der Waals surface area contributed by atoms with E-state index in [1.807, 2.05) is 30.3 Å². The van der Waals surface area contributed by atoms with Crippen molar-refractivity contribution in [3.63, 3.8) is 0 Å². The molecular formula is C26H23NO5. The maximum atomic E-state index is 13.1. The van der Waals surface area contributed by atoms with Crippen LogP contribution in [0.2, 0.25) is 0 Å². The molecule has 3 aromatic rings. The van der Waals surface area contributed by atoms with E-state index >= 15 is 0 Å². The van der Waals surface area contributed by atoms with E-state index in [1.165, 1.54) is 12.1 Å². The number of aromatic carboxylic acids is 1. The number of benzene rings is 3. The Bertz CT molecular complexity index is 1150. The number of carbonyl (C=O) groups is 2. The molecule has 0 fully saturated rings. The zero-order chi connectivity index (χ0) is 22.7. The molecule has 1 atom stereocenters. The molecule has 1 aliphatic heterocycles. The van der Waals surface area contributed by atoms with Gasteiger partial charge in [0.15, 0.2) is 5.76 Å². The van der Waals surface area contributed by atoms with Crippen molar-refractivity contribution in [2.75, 3.05) is 13.7 Å². The molecule has 162 valence electrons. The lowest BCUT2D eigenvalue weighted by Crippen LogP contribution is -2.32. The first-order chi connectivity index (χ1) is 15.5. The van der Waals surface area contributed by atoms with Gasteiger partial charge < -0.3 is 19.8 Å². The van der Waals surface area contributed by atoms with Crippen molar-refractivity contribution in [1.29, 1.82) is 0 Å². The number of rotatable bonds is 7. The van der Waals surface area contributed by atoms with Crippen molar-refractivity contribution in [2.45, 2.75) is 12.5 Å². The number of carboxylic acid groups (broad SMARTS) is 1. The first-order valence-electron chi connectivity index (χ1n) is 10.3. The summed E-state index contributed by atoms with van der Waals surface area (Å²) in [5.74, 6) is -1.09. The van der Waals surface area contributed by atoms with Gasteiger partial charge in [-0.1, -0.05) is 54.6 Å². The van der Waals surface area contributed by atoms with Crippen LogP contribution in [0.3, 0.4) is 0 Å². The normalized spacial score (nSPS) is 15.8. The molecule has 0 aromatic heterocycles. The molecule has 0 saturated heterocycles. The Hall–Kier alpha value is -4.06. The molecule has 6 heteroatoms. The van der Waals surface area contributed by atoms with Crippen LogP contribution in [-0.4, -0.2) is 40.6 Å². The predicted octanol–water partition coefficient (Wildman–Crippen LogP) is 4.49. The molecule has 0 aliphatic carbocycles. The smallest absolute Gasteiger partial charge is 0.335 e. The minimum absolute atomic E-state index is 0.160. The molecule has 0 spiro atoms. The van der Waals surface area contributed by atoms with E-state index in [0.717, 1.165) is 11.1 Å². The van der Waals surface area contributed by atoms with Gasteiger partial charge in [0, 0.05) is 12.1 Å². The van der Waals surface area contributed by atoms with E-state index in [9.17, 15) is 19.8 Å². The van der Waals surface area contributed by atoms with Crippen molar-refractivity contribution in [3.8, 4) is 5.75 Å². The number of amides is 1. The van der Waals surface area contributed by atoms with Crippen molar-refractivity contribution in [3.05, 3.63) is 107 Å². The third-order valence-electron chi connectivity index (χ3n) is 5.66. The summed E-state index contributed by atoms with van der Waals surface area (Å²) in [4.78, 5) is 26.0. The van der Waals surface area contributed by atoms with Gasteiger partial charge in [0.05, 0.1) is 18.7 Å². The van der Waals surface area contributed by atoms with Gasteiger partial charge in [-0.15, -0.1) is 0 Å². The van der Waals surface area contributed by atoms with E-state index < -0.39 is 17.9 Å². The summed E-state index contributed by atoms with van der Waals surface area (Å²) in [6.07, 6.45) is 0.624. The highest BCUT2D eigenvalue weighted by molar-refractivity contribution is 6.05. The van der Waals surface area contributed by atoms with Crippen LogP contribution in [0.15, 0.2) is 84.6 Å². The lowest BCUT2D eigenvalue weighted by atomic mass is 9.92. The highest BCUT2D eigenvalue weighted by Crippen LogP contribution is 2.43. The van der Waals surface area contributed by atoms with Crippen LogP contribution in [0.25, 0.3) is 5.57 Å². The third kappa shape index (κ3) is 4.07. The van der Waals surface area contributed by atoms with Crippen LogP contribution < -0.4 is 4.74 Å². The number of methoxy groups -OCH3 is 1. The van der Waals surface area contributed by atoms with Crippen molar-refractivity contribution < 1.29 is 24.5 Å². The molecule has 3 aromatic carbocycles. The summed E-state index contributed by atoms with van der Waals surface area (Å²) >= 11 is 0. The molecule has 6 nitrogen and oxygen atoms in total. The standard InChI is InChI=1S/C26H23NO5/c1-32-21-13-11-18(12-14-21)22-23(19-7-9-20(10-8-19)26(30)31)27(25(29)24(22)28)16-15-17-5-3-2-4-6-17/h2-14,23,28H,15-16H2,1H3,(H,30,31). The first-order valence-corrected chi connectivity index (χ1v) is 10.3. The summed E-state index contributed by atoms with van der Waals surface area (Å²) < 4.78 is 5.22. The van der Waals surface area contributed by atoms with Crippen LogP contribution >= 0.6 is 0 Å². The third-order valence-corrected chi connectivity index (χ3v) is 5.66. The predicted molar refractivity (Wildman–Crippen MR) is 121 cm³/mol. The summed E-state index contributed by atoms with van der Waals surface area (Å²) in [7, 11) is 1.57. The van der Waals surface area contributed by atoms with Crippen molar-refractivity contribution >= 4 is 17.4 Å². The van der Waals surface area contributed by atoms with E-state index in [0.29, 0.717) is 29.9 Å². The molecule has 0 bridgehead atoms. The Balaban J connectivity index is 1.73. The Morgan fingerprint density at radius 3 is 2.22 bits per heavy atom. The molecule has 1 heterocycles. The number of ether oxygens (including phenoxy) is 1. The number of aliphatic hydroxyl groups is 1. The van der Waals surface area contributed by atoms with Crippen LogP contribution in [-0.2, 0) is 11.2 Å². The van der Waals surface area contributed by atoms with Gasteiger partial charge in [0.2, 0.25) is 0 Å². The topological polar surface area (TPSA) is 87.1 Å². The fourth-order valence-electron chi connectivity index (χ4n) is 4.00. The monoisotopic (exact) mass is 429 g/mol. The molecule has 0 radical (unpaired) electrons. The maximum Gasteiger partial charge on any atom is 0.335 e. The molecule has 1 aliphatic rings. The minimum Gasteiger partial charge on any atom is -0.503 e. The van der Waals surface area contributed by atoms with E-state index in [1.54, 1.807) is 48.4 Å². The zero-order valence-corrected chi connectivity index (χ0v) is 17.6. The fraction of sp³-hybridized carbons (Fsp3) is 0.154. The second-order valence-corrected chi connectivity index (χ2v) is 7.55. The maximum absolute atomic E-state index is 13.1. The SMILES string of the molecule is COc1ccc(C2=C(O)C(=O)N(CCc3ccccc3)C2c2ccc(C(=O)O)cc2)cc1. The van der Waals surface area contributed by atoms with Gasteiger partial charge in [0.25, 0.3) is 5.91 Å². The molecule has 32 heavy (non-hydrogen) atoms. The Kier molecular flexibility index (Phi) is 5.94. The fourth-order valence-corrected chi connectivity index (χ4v) is 4.00. The Morgan fingerprint density at radius 1 is 0.969 bits per heavy atom. The van der Waals surface area contributed by atoms with E-state index in [2.05, 4.69) is 0 Å². The van der Waals surface area contributed by atoms with Gasteiger partial charge in [0.1, 0.15) is 5.75 Å². The summed E-state index contributed by atoms with van der Waals surface area (Å²) in [6, 6.07) is 22.8. The first kappa shape index (κ1) is 21.2. The minimum atomic E-state index is -1.02. The molecule has 4 rings (SSSR count). The quantitative estimate of drug-likeness (QED) is 0.578. The number of carboxylic acids is 1. The van der Waals surface area contributed by atoms with Crippen molar-refractivity contribution in [2.24, 2.45) is 0 Å². The zero-order valence-electron chi connectivity index (χ0n) is 17.6. The van der Waals surface area contributed by atoms with Crippen LogP contribution in [0.1, 0.15) is 33.1 Å². The summed E-state index contributed by atoms with van der Waals surface area (Å²) in [6.45, 7) is 0.401.